The zero-order valence-electron chi connectivity index (χ0n) is 16.2. The quantitative estimate of drug-likeness (QED) is 0.341. The molecule has 0 N–H and O–H groups in total. The van der Waals surface area contributed by atoms with Gasteiger partial charge in [-0.25, -0.2) is 4.98 Å². The van der Waals surface area contributed by atoms with Crippen molar-refractivity contribution in [3.8, 4) is 5.75 Å². The molecule has 0 fully saturated rings. The van der Waals surface area contributed by atoms with Gasteiger partial charge in [-0.1, -0.05) is 41.4 Å². The second-order valence-corrected chi connectivity index (χ2v) is 8.75. The van der Waals surface area contributed by atoms with E-state index in [1.165, 1.54) is 4.68 Å². The monoisotopic (exact) mass is 539 g/mol. The Kier molecular flexibility index (Phi) is 7.14. The van der Waals surface area contributed by atoms with Gasteiger partial charge in [0.15, 0.2) is 0 Å². The smallest absolute Gasteiger partial charge is 0.282 e. The van der Waals surface area contributed by atoms with Gasteiger partial charge in [-0.15, -0.1) is 0 Å². The van der Waals surface area contributed by atoms with Gasteiger partial charge in [0, 0.05) is 21.0 Å². The first-order valence-electron chi connectivity index (χ1n) is 9.24. The second kappa shape index (κ2) is 9.41. The lowest BCUT2D eigenvalue weighted by Crippen LogP contribution is -2.23. The van der Waals surface area contributed by atoms with Gasteiger partial charge in [-0.05, 0) is 59.6 Å². The third kappa shape index (κ3) is 4.73. The summed E-state index contributed by atoms with van der Waals surface area (Å²) in [7, 11) is 0. The van der Waals surface area contributed by atoms with Crippen molar-refractivity contribution in [3.63, 3.8) is 0 Å². The van der Waals surface area contributed by atoms with Crippen LogP contribution in [0.5, 0.6) is 5.75 Å². The van der Waals surface area contributed by atoms with Crippen molar-refractivity contribution >= 4 is 60.6 Å². The van der Waals surface area contributed by atoms with Gasteiger partial charge in [0.1, 0.15) is 11.6 Å². The number of hydrogen-bond acceptors (Lipinski definition) is 4. The third-order valence-corrected chi connectivity index (χ3v) is 5.83. The van der Waals surface area contributed by atoms with Gasteiger partial charge in [0.05, 0.1) is 28.2 Å². The van der Waals surface area contributed by atoms with Crippen molar-refractivity contribution in [1.29, 1.82) is 0 Å². The fourth-order valence-corrected chi connectivity index (χ4v) is 4.18. The van der Waals surface area contributed by atoms with Crippen molar-refractivity contribution < 1.29 is 4.74 Å². The zero-order valence-corrected chi connectivity index (χ0v) is 20.2. The van der Waals surface area contributed by atoms with Crippen molar-refractivity contribution in [2.45, 2.75) is 33.1 Å². The fourth-order valence-electron chi connectivity index (χ4n) is 2.87. The molecular weight excluding hydrogens is 522 g/mol. The first-order valence-corrected chi connectivity index (χ1v) is 11.2. The Morgan fingerprint density at radius 1 is 1.28 bits per heavy atom. The van der Waals surface area contributed by atoms with Crippen LogP contribution in [0, 0.1) is 0 Å². The lowest BCUT2D eigenvalue weighted by molar-refractivity contribution is 0.337. The summed E-state index contributed by atoms with van der Waals surface area (Å²) in [6.07, 6.45) is 2.41. The molecule has 1 aromatic heterocycles. The molecule has 0 amide bonds. The summed E-state index contributed by atoms with van der Waals surface area (Å²) >= 11 is 13.1. The summed E-state index contributed by atoms with van der Waals surface area (Å²) in [6.45, 7) is 6.47. The molecule has 3 aromatic rings. The maximum atomic E-state index is 13.2. The van der Waals surface area contributed by atoms with Crippen LogP contribution in [0.4, 0.5) is 0 Å². The van der Waals surface area contributed by atoms with Gasteiger partial charge >= 0.3 is 0 Å². The Balaban J connectivity index is 2.22. The first-order chi connectivity index (χ1) is 13.8. The normalized spacial score (nSPS) is 12.6. The number of ether oxygens (including phenoxy) is 1. The molecule has 0 unspecified atom stereocenters. The van der Waals surface area contributed by atoms with E-state index < -0.39 is 0 Å². The maximum absolute atomic E-state index is 13.2. The van der Waals surface area contributed by atoms with Crippen molar-refractivity contribution in [2.75, 3.05) is 6.61 Å². The third-order valence-electron chi connectivity index (χ3n) is 4.52. The summed E-state index contributed by atoms with van der Waals surface area (Å²) < 4.78 is 8.63. The molecule has 0 aliphatic carbocycles. The average Bonchev–Trinajstić information content (AvgIpc) is 2.69. The predicted molar refractivity (Wildman–Crippen MR) is 126 cm³/mol. The molecule has 152 valence electrons. The van der Waals surface area contributed by atoms with Gasteiger partial charge in [0.2, 0.25) is 0 Å². The Hall–Kier alpha value is -1.70. The minimum absolute atomic E-state index is 0.0605. The summed E-state index contributed by atoms with van der Waals surface area (Å²) in [4.78, 5) is 17.9. The van der Waals surface area contributed by atoms with Gasteiger partial charge in [-0.2, -0.15) is 9.78 Å². The highest BCUT2D eigenvalue weighted by atomic mass is 79.9. The van der Waals surface area contributed by atoms with Crippen LogP contribution in [0.25, 0.3) is 10.9 Å². The molecule has 0 saturated carbocycles. The number of hydrogen-bond donors (Lipinski definition) is 0. The lowest BCUT2D eigenvalue weighted by Gasteiger charge is -2.14. The average molecular weight is 542 g/mol. The maximum Gasteiger partial charge on any atom is 0.282 e. The molecule has 29 heavy (non-hydrogen) atoms. The molecule has 0 bridgehead atoms. The van der Waals surface area contributed by atoms with Crippen LogP contribution in [-0.2, 0) is 0 Å². The zero-order chi connectivity index (χ0) is 21.1. The van der Waals surface area contributed by atoms with Crippen LogP contribution in [0.1, 0.15) is 44.5 Å². The highest BCUT2D eigenvalue weighted by molar-refractivity contribution is 9.10. The fraction of sp³-hybridized carbons (Fsp3) is 0.286. The van der Waals surface area contributed by atoms with E-state index >= 15 is 0 Å². The van der Waals surface area contributed by atoms with E-state index in [0.717, 1.165) is 15.4 Å². The van der Waals surface area contributed by atoms with Gasteiger partial charge in [0.25, 0.3) is 5.56 Å². The first kappa shape index (κ1) is 22.0. The van der Waals surface area contributed by atoms with Crippen molar-refractivity contribution in [2.24, 2.45) is 5.10 Å². The van der Waals surface area contributed by atoms with Crippen LogP contribution in [0.3, 0.4) is 0 Å². The summed E-state index contributed by atoms with van der Waals surface area (Å²) in [5.74, 6) is 1.29. The molecule has 0 aliphatic rings. The van der Waals surface area contributed by atoms with E-state index in [2.05, 4.69) is 43.9 Å². The predicted octanol–water partition coefficient (Wildman–Crippen LogP) is 6.37. The molecule has 3 rings (SSSR count). The van der Waals surface area contributed by atoms with Crippen LogP contribution >= 0.6 is 43.5 Å². The molecule has 0 aliphatic heterocycles. The SMILES string of the molecule is CCOc1c(Br)cc(Cl)cc1C=Nn1c([C@@H](C)CC)nc2ccc(Br)cc2c1=O. The minimum atomic E-state index is -0.220. The van der Waals surface area contributed by atoms with Crippen molar-refractivity contribution in [3.05, 3.63) is 66.0 Å². The summed E-state index contributed by atoms with van der Waals surface area (Å²) in [5, 5.41) is 5.53. The molecular formula is C21H20Br2ClN3O2. The van der Waals surface area contributed by atoms with E-state index in [1.54, 1.807) is 24.4 Å². The number of nitrogens with zero attached hydrogens (tertiary/aromatic N) is 3. The minimum Gasteiger partial charge on any atom is -0.492 e. The molecule has 2 aromatic carbocycles. The number of aromatic nitrogens is 2. The van der Waals surface area contributed by atoms with Gasteiger partial charge < -0.3 is 4.74 Å². The number of benzene rings is 2. The van der Waals surface area contributed by atoms with Gasteiger partial charge in [-0.3, -0.25) is 4.79 Å². The summed E-state index contributed by atoms with van der Waals surface area (Å²) in [5.41, 5.74) is 1.10. The second-order valence-electron chi connectivity index (χ2n) is 6.54. The Morgan fingerprint density at radius 3 is 2.72 bits per heavy atom. The Labute approximate surface area is 191 Å². The van der Waals surface area contributed by atoms with E-state index in [-0.39, 0.29) is 11.5 Å². The van der Waals surface area contributed by atoms with Crippen LogP contribution in [0.15, 0.2) is 49.2 Å². The molecule has 5 nitrogen and oxygen atoms in total. The number of rotatable bonds is 6. The molecule has 8 heteroatoms. The Bertz CT molecular complexity index is 1140. The molecule has 1 atom stereocenters. The highest BCUT2D eigenvalue weighted by Crippen LogP contribution is 2.32. The van der Waals surface area contributed by atoms with E-state index in [0.29, 0.717) is 39.7 Å². The number of fused-ring (bicyclic) bond motifs is 1. The standard InChI is InChI=1S/C21H20Br2ClN3O2/c1-4-12(3)20-26-18-7-6-14(22)9-16(18)21(28)27(20)25-11-13-8-15(24)10-17(23)19(13)29-5-2/h6-12H,4-5H2,1-3H3/t12-/m0/s1. The highest BCUT2D eigenvalue weighted by Gasteiger charge is 2.16. The van der Waals surface area contributed by atoms with E-state index in [4.69, 9.17) is 21.3 Å². The summed E-state index contributed by atoms with van der Waals surface area (Å²) in [6, 6.07) is 8.98. The van der Waals surface area contributed by atoms with Crippen LogP contribution in [0.2, 0.25) is 5.02 Å². The molecule has 0 spiro atoms. The van der Waals surface area contributed by atoms with E-state index in [9.17, 15) is 4.79 Å². The van der Waals surface area contributed by atoms with E-state index in [1.807, 2.05) is 26.0 Å². The topological polar surface area (TPSA) is 56.5 Å². The number of halogens is 3. The Morgan fingerprint density at radius 2 is 2.03 bits per heavy atom. The largest absolute Gasteiger partial charge is 0.492 e. The van der Waals surface area contributed by atoms with Crippen LogP contribution in [-0.4, -0.2) is 22.5 Å². The lowest BCUT2D eigenvalue weighted by atomic mass is 10.1. The van der Waals surface area contributed by atoms with Crippen LogP contribution < -0.4 is 10.3 Å². The molecule has 0 radical (unpaired) electrons. The van der Waals surface area contributed by atoms with Crippen molar-refractivity contribution in [1.82, 2.24) is 9.66 Å². The molecule has 0 saturated heterocycles. The molecule has 1 heterocycles.